The first-order valence-electron chi connectivity index (χ1n) is 7.20. The first-order chi connectivity index (χ1) is 9.84. The zero-order valence-electron chi connectivity index (χ0n) is 11.4. The maximum absolute atomic E-state index is 12.5. The SMILES string of the molecule is O=C(NC1CCCNCC1)c1cccc2cccnc12. The summed E-state index contributed by atoms with van der Waals surface area (Å²) < 4.78 is 0. The van der Waals surface area contributed by atoms with E-state index in [4.69, 9.17) is 0 Å². The molecule has 2 aromatic rings. The molecule has 0 aliphatic carbocycles. The van der Waals surface area contributed by atoms with Crippen molar-refractivity contribution in [2.24, 2.45) is 0 Å². The highest BCUT2D eigenvalue weighted by Gasteiger charge is 2.17. The lowest BCUT2D eigenvalue weighted by molar-refractivity contribution is 0.0935. The molecule has 1 aromatic carbocycles. The summed E-state index contributed by atoms with van der Waals surface area (Å²) in [6.07, 6.45) is 4.87. The molecule has 20 heavy (non-hydrogen) atoms. The number of pyridine rings is 1. The number of para-hydroxylation sites is 1. The number of carbonyl (C=O) groups is 1. The molecule has 1 amide bonds. The number of hydrogen-bond donors (Lipinski definition) is 2. The Kier molecular flexibility index (Phi) is 3.92. The van der Waals surface area contributed by atoms with Gasteiger partial charge in [0.25, 0.3) is 5.91 Å². The van der Waals surface area contributed by atoms with Crippen LogP contribution in [0.1, 0.15) is 29.6 Å². The molecule has 1 unspecified atom stereocenters. The fourth-order valence-corrected chi connectivity index (χ4v) is 2.71. The molecule has 1 atom stereocenters. The van der Waals surface area contributed by atoms with Crippen LogP contribution in [0.4, 0.5) is 0 Å². The Balaban J connectivity index is 1.81. The van der Waals surface area contributed by atoms with Crippen LogP contribution in [-0.4, -0.2) is 30.0 Å². The van der Waals surface area contributed by atoms with Gasteiger partial charge in [-0.25, -0.2) is 0 Å². The number of nitrogens with zero attached hydrogens (tertiary/aromatic N) is 1. The van der Waals surface area contributed by atoms with Crippen LogP contribution < -0.4 is 10.6 Å². The molecule has 4 heteroatoms. The third-order valence-electron chi connectivity index (χ3n) is 3.79. The number of benzene rings is 1. The van der Waals surface area contributed by atoms with E-state index in [2.05, 4.69) is 15.6 Å². The fraction of sp³-hybridized carbons (Fsp3) is 0.375. The molecular formula is C16H19N3O. The van der Waals surface area contributed by atoms with Gasteiger partial charge in [0.05, 0.1) is 11.1 Å². The van der Waals surface area contributed by atoms with Crippen LogP contribution in [0, 0.1) is 0 Å². The Labute approximate surface area is 118 Å². The van der Waals surface area contributed by atoms with Crippen molar-refractivity contribution in [3.63, 3.8) is 0 Å². The van der Waals surface area contributed by atoms with Gasteiger partial charge >= 0.3 is 0 Å². The normalized spacial score (nSPS) is 19.5. The van der Waals surface area contributed by atoms with Crippen molar-refractivity contribution < 1.29 is 4.79 Å². The van der Waals surface area contributed by atoms with Gasteiger partial charge in [0.2, 0.25) is 0 Å². The van der Waals surface area contributed by atoms with E-state index in [1.54, 1.807) is 6.20 Å². The molecule has 104 valence electrons. The van der Waals surface area contributed by atoms with Crippen molar-refractivity contribution in [2.45, 2.75) is 25.3 Å². The molecule has 2 N–H and O–H groups in total. The van der Waals surface area contributed by atoms with E-state index in [1.807, 2.05) is 30.3 Å². The zero-order chi connectivity index (χ0) is 13.8. The van der Waals surface area contributed by atoms with Crippen LogP contribution in [0.15, 0.2) is 36.5 Å². The lowest BCUT2D eigenvalue weighted by Crippen LogP contribution is -2.35. The van der Waals surface area contributed by atoms with E-state index in [9.17, 15) is 4.79 Å². The number of amides is 1. The van der Waals surface area contributed by atoms with Crippen LogP contribution in [0.2, 0.25) is 0 Å². The van der Waals surface area contributed by atoms with Crippen LogP contribution in [0.5, 0.6) is 0 Å². The van der Waals surface area contributed by atoms with Crippen LogP contribution in [0.3, 0.4) is 0 Å². The maximum Gasteiger partial charge on any atom is 0.253 e. The minimum absolute atomic E-state index is 0.0128. The van der Waals surface area contributed by atoms with E-state index in [0.717, 1.165) is 43.3 Å². The third kappa shape index (κ3) is 2.80. The average molecular weight is 269 g/mol. The summed E-state index contributed by atoms with van der Waals surface area (Å²) in [4.78, 5) is 16.8. The Morgan fingerprint density at radius 1 is 1.20 bits per heavy atom. The predicted octanol–water partition coefficient (Wildman–Crippen LogP) is 2.11. The van der Waals surface area contributed by atoms with E-state index < -0.39 is 0 Å². The second kappa shape index (κ2) is 6.01. The molecule has 0 spiro atoms. The van der Waals surface area contributed by atoms with Gasteiger partial charge in [-0.15, -0.1) is 0 Å². The maximum atomic E-state index is 12.5. The van der Waals surface area contributed by atoms with Gasteiger partial charge in [0, 0.05) is 17.6 Å². The van der Waals surface area contributed by atoms with Crippen LogP contribution in [0.25, 0.3) is 10.9 Å². The molecule has 2 heterocycles. The highest BCUT2D eigenvalue weighted by Crippen LogP contribution is 2.16. The standard InChI is InChI=1S/C16H19N3O/c20-16(19-13-6-3-9-17-11-8-13)14-7-1-4-12-5-2-10-18-15(12)14/h1-2,4-5,7,10,13,17H,3,6,8-9,11H2,(H,19,20). The van der Waals surface area contributed by atoms with Crippen molar-refractivity contribution in [3.8, 4) is 0 Å². The summed E-state index contributed by atoms with van der Waals surface area (Å²) in [5.74, 6) is -0.0128. The molecule has 1 aliphatic rings. The molecule has 4 nitrogen and oxygen atoms in total. The molecule has 1 saturated heterocycles. The van der Waals surface area contributed by atoms with Crippen molar-refractivity contribution in [2.75, 3.05) is 13.1 Å². The molecule has 1 aromatic heterocycles. The smallest absolute Gasteiger partial charge is 0.253 e. The van der Waals surface area contributed by atoms with Gasteiger partial charge in [-0.05, 0) is 44.5 Å². The second-order valence-corrected chi connectivity index (χ2v) is 5.23. The minimum Gasteiger partial charge on any atom is -0.349 e. The van der Waals surface area contributed by atoms with Gasteiger partial charge in [-0.3, -0.25) is 9.78 Å². The molecule has 1 fully saturated rings. The molecule has 0 bridgehead atoms. The Morgan fingerprint density at radius 2 is 2.10 bits per heavy atom. The number of carbonyl (C=O) groups excluding carboxylic acids is 1. The Bertz CT molecular complexity index is 598. The van der Waals surface area contributed by atoms with Crippen molar-refractivity contribution in [3.05, 3.63) is 42.1 Å². The van der Waals surface area contributed by atoms with Crippen molar-refractivity contribution in [1.29, 1.82) is 0 Å². The minimum atomic E-state index is -0.0128. The topological polar surface area (TPSA) is 54.0 Å². The summed E-state index contributed by atoms with van der Waals surface area (Å²) in [5, 5.41) is 7.51. The number of fused-ring (bicyclic) bond motifs is 1. The van der Waals surface area contributed by atoms with E-state index in [-0.39, 0.29) is 11.9 Å². The van der Waals surface area contributed by atoms with E-state index in [0.29, 0.717) is 5.56 Å². The first kappa shape index (κ1) is 13.1. The molecule has 0 saturated carbocycles. The highest BCUT2D eigenvalue weighted by molar-refractivity contribution is 6.05. The summed E-state index contributed by atoms with van der Waals surface area (Å²) >= 11 is 0. The van der Waals surface area contributed by atoms with Crippen molar-refractivity contribution >= 4 is 16.8 Å². The Morgan fingerprint density at radius 3 is 3.05 bits per heavy atom. The van der Waals surface area contributed by atoms with E-state index in [1.165, 1.54) is 0 Å². The van der Waals surface area contributed by atoms with Gasteiger partial charge in [-0.1, -0.05) is 18.2 Å². The lowest BCUT2D eigenvalue weighted by atomic mass is 10.1. The molecular weight excluding hydrogens is 250 g/mol. The van der Waals surface area contributed by atoms with Gasteiger partial charge in [-0.2, -0.15) is 0 Å². The largest absolute Gasteiger partial charge is 0.349 e. The van der Waals surface area contributed by atoms with Gasteiger partial charge in [0.15, 0.2) is 0 Å². The average Bonchev–Trinajstić information content (AvgIpc) is 2.75. The third-order valence-corrected chi connectivity index (χ3v) is 3.79. The first-order valence-corrected chi connectivity index (χ1v) is 7.20. The van der Waals surface area contributed by atoms with Crippen LogP contribution >= 0.6 is 0 Å². The predicted molar refractivity (Wildman–Crippen MR) is 79.7 cm³/mol. The number of rotatable bonds is 2. The monoisotopic (exact) mass is 269 g/mol. The lowest BCUT2D eigenvalue weighted by Gasteiger charge is -2.16. The zero-order valence-corrected chi connectivity index (χ0v) is 11.4. The summed E-state index contributed by atoms with van der Waals surface area (Å²) in [7, 11) is 0. The van der Waals surface area contributed by atoms with Gasteiger partial charge < -0.3 is 10.6 Å². The van der Waals surface area contributed by atoms with Crippen molar-refractivity contribution in [1.82, 2.24) is 15.6 Å². The van der Waals surface area contributed by atoms with Crippen LogP contribution in [-0.2, 0) is 0 Å². The quantitative estimate of drug-likeness (QED) is 0.878. The van der Waals surface area contributed by atoms with E-state index >= 15 is 0 Å². The molecule has 3 rings (SSSR count). The summed E-state index contributed by atoms with van der Waals surface area (Å²) in [5.41, 5.74) is 1.44. The highest BCUT2D eigenvalue weighted by atomic mass is 16.1. The fourth-order valence-electron chi connectivity index (χ4n) is 2.71. The number of aromatic nitrogens is 1. The molecule has 0 radical (unpaired) electrons. The van der Waals surface area contributed by atoms with Gasteiger partial charge in [0.1, 0.15) is 0 Å². The molecule has 1 aliphatic heterocycles. The summed E-state index contributed by atoms with van der Waals surface area (Å²) in [6.45, 7) is 2.01. The second-order valence-electron chi connectivity index (χ2n) is 5.23. The number of hydrogen-bond acceptors (Lipinski definition) is 3. The Hall–Kier alpha value is -1.94. The number of nitrogens with one attached hydrogen (secondary N) is 2. The summed E-state index contributed by atoms with van der Waals surface area (Å²) in [6, 6.07) is 9.87.